The van der Waals surface area contributed by atoms with E-state index < -0.39 is 16.1 Å². The maximum absolute atomic E-state index is 13.8. The van der Waals surface area contributed by atoms with Gasteiger partial charge in [-0.05, 0) is 42.4 Å². The Balaban J connectivity index is 1.25. The van der Waals surface area contributed by atoms with Gasteiger partial charge in [0.15, 0.2) is 16.7 Å². The Kier molecular flexibility index (Phi) is 7.61. The summed E-state index contributed by atoms with van der Waals surface area (Å²) < 4.78 is 29.1. The highest BCUT2D eigenvalue weighted by Crippen LogP contribution is 2.29. The molecule has 0 saturated carbocycles. The van der Waals surface area contributed by atoms with Crippen molar-refractivity contribution in [2.45, 2.75) is 36.7 Å². The smallest absolute Gasteiger partial charge is 0.283 e. The summed E-state index contributed by atoms with van der Waals surface area (Å²) in [4.78, 5) is 23.6. The molecule has 6 rings (SSSR count). The molecule has 2 aliphatic rings. The third-order valence-corrected chi connectivity index (χ3v) is 10.7. The first-order valence-corrected chi connectivity index (χ1v) is 15.7. The molecule has 0 radical (unpaired) electrons. The predicted molar refractivity (Wildman–Crippen MR) is 155 cm³/mol. The minimum atomic E-state index is -3.87. The first kappa shape index (κ1) is 28.1. The Hall–Kier alpha value is -3.99. The van der Waals surface area contributed by atoms with Gasteiger partial charge in [0.2, 0.25) is 10.0 Å². The normalized spacial score (nSPS) is 18.8. The Morgan fingerprint density at radius 2 is 2.00 bits per heavy atom. The maximum atomic E-state index is 13.8. The van der Waals surface area contributed by atoms with E-state index in [2.05, 4.69) is 35.7 Å². The van der Waals surface area contributed by atoms with Crippen molar-refractivity contribution in [3.05, 3.63) is 63.4 Å². The number of hydrogen-bond acceptors (Lipinski definition) is 11. The first-order chi connectivity index (χ1) is 20.2. The van der Waals surface area contributed by atoms with E-state index in [0.29, 0.717) is 34.6 Å². The number of piperazine rings is 1. The number of rotatable bonds is 7. The molecule has 1 unspecified atom stereocenters. The number of nitrogens with zero attached hydrogens (tertiary/aromatic N) is 8. The largest absolute Gasteiger partial charge is 0.409 e. The number of thiazole rings is 1. The van der Waals surface area contributed by atoms with E-state index in [9.17, 15) is 13.2 Å². The van der Waals surface area contributed by atoms with Gasteiger partial charge < -0.3 is 20.7 Å². The molecule has 1 fully saturated rings. The van der Waals surface area contributed by atoms with Crippen LogP contribution in [0.3, 0.4) is 0 Å². The minimum absolute atomic E-state index is 0.0295. The van der Waals surface area contributed by atoms with Gasteiger partial charge in [0, 0.05) is 62.0 Å². The lowest BCUT2D eigenvalue weighted by molar-refractivity contribution is 0.0550. The summed E-state index contributed by atoms with van der Waals surface area (Å²) in [5.41, 5.74) is 7.20. The van der Waals surface area contributed by atoms with Crippen LogP contribution < -0.4 is 5.73 Å². The minimum Gasteiger partial charge on any atom is -0.409 e. The zero-order valence-corrected chi connectivity index (χ0v) is 24.5. The number of aryl methyl sites for hydroxylation is 1. The fourth-order valence-electron chi connectivity index (χ4n) is 5.43. The van der Waals surface area contributed by atoms with E-state index in [4.69, 9.17) is 10.9 Å². The van der Waals surface area contributed by atoms with Gasteiger partial charge in [-0.15, -0.1) is 21.5 Å². The lowest BCUT2D eigenvalue weighted by Gasteiger charge is -2.40. The number of likely N-dealkylation sites (N-methyl/N-ethyl adjacent to an activating group) is 1. The number of tetrazole rings is 1. The van der Waals surface area contributed by atoms with Crippen molar-refractivity contribution in [1.29, 1.82) is 0 Å². The van der Waals surface area contributed by atoms with Gasteiger partial charge in [-0.25, -0.2) is 13.4 Å². The summed E-state index contributed by atoms with van der Waals surface area (Å²) in [5.74, 6) is 0.286. The molecule has 0 spiro atoms. The first-order valence-electron chi connectivity index (χ1n) is 13.4. The third kappa shape index (κ3) is 5.45. The van der Waals surface area contributed by atoms with Crippen LogP contribution in [-0.2, 0) is 29.4 Å². The van der Waals surface area contributed by atoms with E-state index in [1.807, 2.05) is 7.05 Å². The molecule has 2 aliphatic heterocycles. The number of aromatic amines is 1. The van der Waals surface area contributed by atoms with Crippen LogP contribution in [-0.4, -0.2) is 104 Å². The third-order valence-electron chi connectivity index (χ3n) is 7.75. The van der Waals surface area contributed by atoms with Crippen LogP contribution in [0.4, 0.5) is 0 Å². The Labute approximate surface area is 245 Å². The molecule has 14 nitrogen and oxygen atoms in total. The number of sulfonamides is 1. The number of carbonyl (C=O) groups excluding carboxylic acids is 1. The summed E-state index contributed by atoms with van der Waals surface area (Å²) in [7, 11) is -1.82. The fourth-order valence-corrected chi connectivity index (χ4v) is 8.08. The highest BCUT2D eigenvalue weighted by atomic mass is 32.2. The van der Waals surface area contributed by atoms with Crippen LogP contribution in [0, 0.1) is 0 Å². The van der Waals surface area contributed by atoms with Crippen LogP contribution >= 0.6 is 11.3 Å². The molecule has 1 amide bonds. The van der Waals surface area contributed by atoms with Crippen molar-refractivity contribution in [3.63, 3.8) is 0 Å². The summed E-state index contributed by atoms with van der Waals surface area (Å²) in [6.07, 6.45) is 1.69. The zero-order valence-electron chi connectivity index (χ0n) is 22.8. The molecule has 0 bridgehead atoms. The van der Waals surface area contributed by atoms with Crippen molar-refractivity contribution >= 4 is 43.9 Å². The number of nitrogens with two attached hydrogens (primary N) is 1. The Morgan fingerprint density at radius 3 is 2.79 bits per heavy atom. The predicted octanol–water partition coefficient (Wildman–Crippen LogP) is 1.04. The van der Waals surface area contributed by atoms with E-state index >= 15 is 0 Å². The van der Waals surface area contributed by atoms with Gasteiger partial charge in [0.25, 0.3) is 5.91 Å². The number of aromatic nitrogens is 5. The highest BCUT2D eigenvalue weighted by Gasteiger charge is 2.38. The van der Waals surface area contributed by atoms with Crippen LogP contribution in [0.5, 0.6) is 0 Å². The molecule has 42 heavy (non-hydrogen) atoms. The van der Waals surface area contributed by atoms with Crippen LogP contribution in [0.15, 0.2) is 46.4 Å². The van der Waals surface area contributed by atoms with Crippen molar-refractivity contribution in [3.8, 4) is 0 Å². The number of H-pyrrole nitrogens is 1. The van der Waals surface area contributed by atoms with E-state index in [0.717, 1.165) is 35.5 Å². The summed E-state index contributed by atoms with van der Waals surface area (Å²) in [6.45, 7) is 2.18. The van der Waals surface area contributed by atoms with Crippen molar-refractivity contribution in [1.82, 2.24) is 39.7 Å². The molecule has 1 atom stereocenters. The second-order valence-corrected chi connectivity index (χ2v) is 13.5. The van der Waals surface area contributed by atoms with Crippen molar-refractivity contribution < 1.29 is 18.4 Å². The molecule has 16 heteroatoms. The molecule has 2 aromatic heterocycles. The molecule has 220 valence electrons. The SMILES string of the molecule is CN1CCc2nc(C(=O)N3CCN(S(=O)(=O)c4ccc5cc(C(N)=NO)ccc5c4)CC3CCc3nn[nH]n3)sc2C1. The number of benzene rings is 2. The number of oxime groups is 1. The standard InChI is InChI=1S/C26H30N10O4S2/c1-34-9-8-21-22(15-34)41-25(28-21)26(37)36-11-10-35(14-19(36)5-7-23-29-32-33-30-23)42(39,40)20-6-4-16-12-18(24(27)31-38)3-2-17(16)13-20/h2-4,6,12-13,19,38H,5,7-11,14-15H2,1H3,(H2,27,31)(H,29,30,32,33). The van der Waals surface area contributed by atoms with Gasteiger partial charge >= 0.3 is 0 Å². The highest BCUT2D eigenvalue weighted by molar-refractivity contribution is 7.89. The van der Waals surface area contributed by atoms with Gasteiger partial charge in [-0.1, -0.05) is 28.6 Å². The molecular weight excluding hydrogens is 580 g/mol. The zero-order chi connectivity index (χ0) is 29.4. The second kappa shape index (κ2) is 11.4. The van der Waals surface area contributed by atoms with E-state index in [-0.39, 0.29) is 36.3 Å². The molecule has 4 N–H and O–H groups in total. The van der Waals surface area contributed by atoms with Crippen molar-refractivity contribution in [2.75, 3.05) is 33.2 Å². The lowest BCUT2D eigenvalue weighted by Crippen LogP contribution is -2.56. The number of carbonyl (C=O) groups is 1. The molecular formula is C26H30N10O4S2. The number of amides is 1. The summed E-state index contributed by atoms with van der Waals surface area (Å²) in [6, 6.07) is 9.59. The molecule has 2 aromatic carbocycles. The van der Waals surface area contributed by atoms with E-state index in [1.54, 1.807) is 41.3 Å². The lowest BCUT2D eigenvalue weighted by atomic mass is 10.1. The number of hydrogen-bond donors (Lipinski definition) is 3. The summed E-state index contributed by atoms with van der Waals surface area (Å²) >= 11 is 1.42. The van der Waals surface area contributed by atoms with Crippen LogP contribution in [0.25, 0.3) is 10.8 Å². The van der Waals surface area contributed by atoms with Gasteiger partial charge in [-0.3, -0.25) is 4.79 Å². The van der Waals surface area contributed by atoms with Crippen LogP contribution in [0.1, 0.15) is 38.2 Å². The maximum Gasteiger partial charge on any atom is 0.283 e. The molecule has 0 aliphatic carbocycles. The van der Waals surface area contributed by atoms with E-state index in [1.165, 1.54) is 15.6 Å². The number of amidine groups is 1. The Bertz CT molecular complexity index is 1760. The fraction of sp³-hybridized carbons (Fsp3) is 0.385. The van der Waals surface area contributed by atoms with Gasteiger partial charge in [0.1, 0.15) is 0 Å². The summed E-state index contributed by atoms with van der Waals surface area (Å²) in [5, 5.41) is 28.0. The molecule has 1 saturated heterocycles. The average Bonchev–Trinajstić information content (AvgIpc) is 3.68. The quantitative estimate of drug-likeness (QED) is 0.118. The number of nitrogens with one attached hydrogen (secondary N) is 1. The molecule has 4 heterocycles. The molecule has 4 aromatic rings. The second-order valence-electron chi connectivity index (χ2n) is 10.5. The van der Waals surface area contributed by atoms with Gasteiger partial charge in [0.05, 0.1) is 10.6 Å². The average molecular weight is 611 g/mol. The monoisotopic (exact) mass is 610 g/mol. The Morgan fingerprint density at radius 1 is 1.19 bits per heavy atom. The van der Waals surface area contributed by atoms with Gasteiger partial charge in [-0.2, -0.15) is 9.52 Å². The number of fused-ring (bicyclic) bond motifs is 2. The van der Waals surface area contributed by atoms with Crippen LogP contribution in [0.2, 0.25) is 0 Å². The van der Waals surface area contributed by atoms with Crippen molar-refractivity contribution in [2.24, 2.45) is 10.9 Å². The topological polar surface area (TPSA) is 187 Å².